The molecule has 1 fully saturated rings. The number of nitrogens with zero attached hydrogens (tertiary/aromatic N) is 3. The van der Waals surface area contributed by atoms with Crippen LogP contribution in [0.1, 0.15) is 10.4 Å². The highest BCUT2D eigenvalue weighted by Gasteiger charge is 2.31. The summed E-state index contributed by atoms with van der Waals surface area (Å²) in [4.78, 5) is 22.7. The Hall–Kier alpha value is -2.92. The number of amides is 1. The highest BCUT2D eigenvalue weighted by molar-refractivity contribution is 6.30. The number of carbonyl (C=O) groups excluding carboxylic acids is 1. The van der Waals surface area contributed by atoms with E-state index in [2.05, 4.69) is 15.3 Å². The predicted molar refractivity (Wildman–Crippen MR) is 102 cm³/mol. The Labute approximate surface area is 156 Å². The lowest BCUT2D eigenvalue weighted by Crippen LogP contribution is -2.57. The monoisotopic (exact) mass is 364 g/mol. The molecule has 1 aliphatic rings. The van der Waals surface area contributed by atoms with Crippen molar-refractivity contribution in [2.45, 2.75) is 6.04 Å². The molecule has 0 radical (unpaired) electrons. The molecule has 4 rings (SSSR count). The summed E-state index contributed by atoms with van der Waals surface area (Å²) in [6.45, 7) is 1.29. The minimum Gasteiger partial charge on any atom is -0.348 e. The molecule has 2 aromatic carbocycles. The average Bonchev–Trinajstić information content (AvgIpc) is 2.65. The van der Waals surface area contributed by atoms with Crippen LogP contribution in [0.15, 0.2) is 67.0 Å². The first-order chi connectivity index (χ1) is 12.7. The third-order valence-corrected chi connectivity index (χ3v) is 4.59. The molecule has 1 aromatic heterocycles. The Morgan fingerprint density at radius 3 is 2.42 bits per heavy atom. The van der Waals surface area contributed by atoms with Crippen LogP contribution in [0.5, 0.6) is 0 Å². The Morgan fingerprint density at radius 2 is 1.73 bits per heavy atom. The molecule has 0 atom stereocenters. The fourth-order valence-corrected chi connectivity index (χ4v) is 3.14. The molecule has 0 bridgehead atoms. The molecular formula is C20H17ClN4O. The maximum absolute atomic E-state index is 12.6. The smallest absolute Gasteiger partial charge is 0.253 e. The van der Waals surface area contributed by atoms with E-state index in [1.165, 1.54) is 0 Å². The van der Waals surface area contributed by atoms with Crippen LogP contribution in [-0.2, 0) is 0 Å². The van der Waals surface area contributed by atoms with Gasteiger partial charge in [-0.3, -0.25) is 4.79 Å². The molecule has 1 N–H and O–H groups in total. The van der Waals surface area contributed by atoms with Gasteiger partial charge in [-0.2, -0.15) is 0 Å². The van der Waals surface area contributed by atoms with Gasteiger partial charge in [0, 0.05) is 36.1 Å². The number of benzene rings is 2. The number of anilines is 1. The van der Waals surface area contributed by atoms with Crippen molar-refractivity contribution in [2.24, 2.45) is 0 Å². The number of aromatic nitrogens is 2. The van der Waals surface area contributed by atoms with Gasteiger partial charge in [-0.15, -0.1) is 0 Å². The lowest BCUT2D eigenvalue weighted by Gasteiger charge is -2.39. The van der Waals surface area contributed by atoms with Gasteiger partial charge in [-0.1, -0.05) is 35.9 Å². The number of rotatable bonds is 4. The van der Waals surface area contributed by atoms with E-state index in [1.807, 2.05) is 53.4 Å². The number of carbonyl (C=O) groups is 1. The summed E-state index contributed by atoms with van der Waals surface area (Å²) in [5.41, 5.74) is 2.76. The molecule has 0 saturated carbocycles. The quantitative estimate of drug-likeness (QED) is 0.766. The van der Waals surface area contributed by atoms with Crippen LogP contribution in [0, 0.1) is 0 Å². The topological polar surface area (TPSA) is 58.1 Å². The minimum atomic E-state index is 0.0367. The van der Waals surface area contributed by atoms with Gasteiger partial charge in [-0.05, 0) is 41.5 Å². The zero-order chi connectivity index (χ0) is 17.9. The number of likely N-dealkylation sites (tertiary alicyclic amines) is 1. The van der Waals surface area contributed by atoms with Gasteiger partial charge < -0.3 is 10.2 Å². The Morgan fingerprint density at radius 1 is 1.00 bits per heavy atom. The molecule has 6 heteroatoms. The highest BCUT2D eigenvalue weighted by Crippen LogP contribution is 2.24. The van der Waals surface area contributed by atoms with Gasteiger partial charge in [0.2, 0.25) is 5.95 Å². The summed E-state index contributed by atoms with van der Waals surface area (Å²) in [6.07, 6.45) is 3.39. The number of halogens is 1. The van der Waals surface area contributed by atoms with E-state index in [0.717, 1.165) is 11.1 Å². The van der Waals surface area contributed by atoms with Crippen molar-refractivity contribution in [3.05, 3.63) is 77.6 Å². The fourth-order valence-electron chi connectivity index (χ4n) is 2.95. The molecule has 1 saturated heterocycles. The van der Waals surface area contributed by atoms with Gasteiger partial charge in [0.1, 0.15) is 0 Å². The third-order valence-electron chi connectivity index (χ3n) is 4.36. The summed E-state index contributed by atoms with van der Waals surface area (Å²) in [7, 11) is 0. The van der Waals surface area contributed by atoms with Crippen molar-refractivity contribution in [1.82, 2.24) is 14.9 Å². The first-order valence-corrected chi connectivity index (χ1v) is 8.76. The van der Waals surface area contributed by atoms with Crippen molar-refractivity contribution in [2.75, 3.05) is 18.4 Å². The van der Waals surface area contributed by atoms with E-state index in [4.69, 9.17) is 11.6 Å². The van der Waals surface area contributed by atoms with Crippen LogP contribution >= 0.6 is 11.6 Å². The molecule has 3 aromatic rings. The Balaban J connectivity index is 1.37. The molecule has 2 heterocycles. The van der Waals surface area contributed by atoms with E-state index in [-0.39, 0.29) is 11.9 Å². The van der Waals surface area contributed by atoms with Gasteiger partial charge in [0.25, 0.3) is 5.91 Å². The lowest BCUT2D eigenvalue weighted by atomic mass is 10.0. The summed E-state index contributed by atoms with van der Waals surface area (Å²) in [6, 6.07) is 17.3. The largest absolute Gasteiger partial charge is 0.348 e. The van der Waals surface area contributed by atoms with Gasteiger partial charge in [0.05, 0.1) is 6.04 Å². The van der Waals surface area contributed by atoms with Crippen molar-refractivity contribution in [1.29, 1.82) is 0 Å². The van der Waals surface area contributed by atoms with Crippen LogP contribution in [-0.4, -0.2) is 39.9 Å². The maximum atomic E-state index is 12.6. The van der Waals surface area contributed by atoms with Crippen LogP contribution in [0.2, 0.25) is 5.02 Å². The third kappa shape index (κ3) is 3.53. The lowest BCUT2D eigenvalue weighted by molar-refractivity contribution is 0.0624. The van der Waals surface area contributed by atoms with E-state index >= 15 is 0 Å². The minimum absolute atomic E-state index is 0.0367. The summed E-state index contributed by atoms with van der Waals surface area (Å²) >= 11 is 6.04. The molecule has 0 spiro atoms. The second-order valence-corrected chi connectivity index (χ2v) is 6.65. The first-order valence-electron chi connectivity index (χ1n) is 8.38. The van der Waals surface area contributed by atoms with Gasteiger partial charge in [-0.25, -0.2) is 9.97 Å². The zero-order valence-corrected chi connectivity index (χ0v) is 14.7. The number of hydrogen-bond acceptors (Lipinski definition) is 4. The fraction of sp³-hybridized carbons (Fsp3) is 0.150. The second kappa shape index (κ2) is 7.14. The molecule has 130 valence electrons. The highest BCUT2D eigenvalue weighted by atomic mass is 35.5. The molecule has 1 amide bonds. The van der Waals surface area contributed by atoms with Crippen LogP contribution in [0.4, 0.5) is 5.95 Å². The summed E-state index contributed by atoms with van der Waals surface area (Å²) < 4.78 is 0. The molecule has 26 heavy (non-hydrogen) atoms. The standard InChI is InChI=1S/C20H17ClN4O/c21-17-4-1-3-16(11-17)14-5-7-15(8-6-14)19(26)25-12-18(13-25)24-20-22-9-2-10-23-20/h1-11,18H,12-13H2,(H,22,23,24). The Bertz CT molecular complexity index is 909. The van der Waals surface area contributed by atoms with Crippen LogP contribution in [0.25, 0.3) is 11.1 Å². The molecule has 0 unspecified atom stereocenters. The van der Waals surface area contributed by atoms with E-state index < -0.39 is 0 Å². The predicted octanol–water partition coefficient (Wildman–Crippen LogP) is 3.73. The average molecular weight is 365 g/mol. The SMILES string of the molecule is O=C(c1ccc(-c2cccc(Cl)c2)cc1)N1CC(Nc2ncccn2)C1. The number of nitrogens with one attached hydrogen (secondary N) is 1. The second-order valence-electron chi connectivity index (χ2n) is 6.21. The van der Waals surface area contributed by atoms with E-state index in [0.29, 0.717) is 29.6 Å². The number of hydrogen-bond donors (Lipinski definition) is 1. The van der Waals surface area contributed by atoms with Gasteiger partial charge in [0.15, 0.2) is 0 Å². The normalized spacial score (nSPS) is 14.0. The summed E-state index contributed by atoms with van der Waals surface area (Å²) in [5.74, 6) is 0.630. The van der Waals surface area contributed by atoms with E-state index in [9.17, 15) is 4.79 Å². The van der Waals surface area contributed by atoms with Crippen molar-refractivity contribution in [3.63, 3.8) is 0 Å². The molecule has 5 nitrogen and oxygen atoms in total. The molecule has 1 aliphatic heterocycles. The maximum Gasteiger partial charge on any atom is 0.253 e. The Kier molecular flexibility index (Phi) is 4.54. The van der Waals surface area contributed by atoms with Crippen LogP contribution in [0.3, 0.4) is 0 Å². The van der Waals surface area contributed by atoms with E-state index in [1.54, 1.807) is 18.5 Å². The van der Waals surface area contributed by atoms with Crippen molar-refractivity contribution >= 4 is 23.5 Å². The first kappa shape index (κ1) is 16.5. The molecule has 0 aliphatic carbocycles. The summed E-state index contributed by atoms with van der Waals surface area (Å²) in [5, 5.41) is 3.92. The molecular weight excluding hydrogens is 348 g/mol. The zero-order valence-electron chi connectivity index (χ0n) is 14.0. The van der Waals surface area contributed by atoms with Crippen molar-refractivity contribution in [3.8, 4) is 11.1 Å². The van der Waals surface area contributed by atoms with Crippen LogP contribution < -0.4 is 5.32 Å². The van der Waals surface area contributed by atoms with Crippen molar-refractivity contribution < 1.29 is 4.79 Å². The van der Waals surface area contributed by atoms with Gasteiger partial charge >= 0.3 is 0 Å².